The molecular weight excluding hydrogens is 1130 g/mol. The van der Waals surface area contributed by atoms with Crippen molar-refractivity contribution in [3.63, 3.8) is 0 Å². The highest BCUT2D eigenvalue weighted by Crippen LogP contribution is 2.41. The zero-order chi connectivity index (χ0) is 57.9. The van der Waals surface area contributed by atoms with Gasteiger partial charge in [-0.3, -0.25) is 9.59 Å². The molecule has 0 radical (unpaired) electrons. The predicted octanol–water partition coefficient (Wildman–Crippen LogP) is 21.2. The van der Waals surface area contributed by atoms with Crippen molar-refractivity contribution < 1.29 is 19.8 Å². The van der Waals surface area contributed by atoms with E-state index in [2.05, 4.69) is 75.4 Å². The summed E-state index contributed by atoms with van der Waals surface area (Å²) in [5.41, 5.74) is 7.29. The van der Waals surface area contributed by atoms with Gasteiger partial charge in [0.05, 0.1) is 45.1 Å². The van der Waals surface area contributed by atoms with Crippen LogP contribution in [0, 0.1) is 0 Å². The van der Waals surface area contributed by atoms with Crippen molar-refractivity contribution in [2.24, 2.45) is 9.98 Å². The second-order valence-electron chi connectivity index (χ2n) is 21.2. The molecule has 85 heavy (non-hydrogen) atoms. The number of carbonyl (C=O) groups excluding carboxylic acids is 2. The van der Waals surface area contributed by atoms with Gasteiger partial charge in [0.1, 0.15) is 0 Å². The molecule has 4 N–H and O–H groups in total. The minimum atomic E-state index is -0.350. The van der Waals surface area contributed by atoms with Crippen LogP contribution in [0.1, 0.15) is 160 Å². The average Bonchev–Trinajstić information content (AvgIpc) is 2.26. The second kappa shape index (κ2) is 31.8. The maximum Gasteiger partial charge on any atom is 0.280 e. The maximum atomic E-state index is 13.1. The van der Waals surface area contributed by atoms with Crippen LogP contribution >= 0.6 is 47.0 Å². The van der Waals surface area contributed by atoms with Gasteiger partial charge in [-0.1, -0.05) is 249 Å². The van der Waals surface area contributed by atoms with Gasteiger partial charge in [-0.05, 0) is 108 Å². The zero-order valence-corrected chi connectivity index (χ0v) is 50.9. The molecule has 7 aromatic carbocycles. The number of carbonyl (C=O) groups is 2. The molecule has 9 aromatic rings. The molecule has 0 bridgehead atoms. The minimum Gasteiger partial charge on any atom is -0.494 e. The van der Waals surface area contributed by atoms with Gasteiger partial charge in [0.2, 0.25) is 0 Å². The molecule has 0 spiro atoms. The third-order valence-electron chi connectivity index (χ3n) is 15.0. The Hall–Kier alpha value is -7.22. The van der Waals surface area contributed by atoms with Crippen LogP contribution in [0.5, 0.6) is 11.8 Å². The number of fused-ring (bicyclic) bond motifs is 2. The Balaban J connectivity index is 0.000000209. The van der Waals surface area contributed by atoms with Crippen molar-refractivity contribution in [1.29, 1.82) is 0 Å². The molecule has 2 aromatic heterocycles. The summed E-state index contributed by atoms with van der Waals surface area (Å²) in [7, 11) is 0. The highest BCUT2D eigenvalue weighted by molar-refractivity contribution is 8.00. The van der Waals surface area contributed by atoms with Gasteiger partial charge in [0.25, 0.3) is 11.8 Å². The van der Waals surface area contributed by atoms with E-state index < -0.39 is 0 Å². The number of aliphatic imine (C=N–C) groups is 2. The number of rotatable bonds is 28. The fraction of sp³-hybridized carbons (Fsp3) is 0.260. The molecule has 0 saturated heterocycles. The van der Waals surface area contributed by atoms with Crippen molar-refractivity contribution in [1.82, 2.24) is 9.97 Å². The number of H-pyrrole nitrogens is 2. The number of unbranched alkanes of at least 4 members (excludes halogenated alkanes) is 15. The van der Waals surface area contributed by atoms with E-state index in [1.165, 1.54) is 113 Å². The van der Waals surface area contributed by atoms with E-state index in [1.54, 1.807) is 35.3 Å². The molecule has 2 amide bonds. The van der Waals surface area contributed by atoms with Crippen LogP contribution in [0.2, 0.25) is 0 Å². The summed E-state index contributed by atoms with van der Waals surface area (Å²) < 4.78 is 0. The van der Waals surface area contributed by atoms with E-state index in [0.29, 0.717) is 45.1 Å². The molecular formula is C73H76N4O4S4. The van der Waals surface area contributed by atoms with Gasteiger partial charge in [0, 0.05) is 45.4 Å². The van der Waals surface area contributed by atoms with Gasteiger partial charge in [-0.2, -0.15) is 0 Å². The van der Waals surface area contributed by atoms with Crippen LogP contribution in [0.25, 0.3) is 22.5 Å². The van der Waals surface area contributed by atoms with E-state index in [4.69, 9.17) is 0 Å². The number of hydrogen-bond acceptors (Lipinski definition) is 8. The van der Waals surface area contributed by atoms with Crippen LogP contribution in [-0.2, 0) is 0 Å². The Kier molecular flexibility index (Phi) is 23.3. The smallest absolute Gasteiger partial charge is 0.280 e. The summed E-state index contributed by atoms with van der Waals surface area (Å²) >= 11 is 6.91. The fourth-order valence-electron chi connectivity index (χ4n) is 10.6. The van der Waals surface area contributed by atoms with Crippen molar-refractivity contribution in [2.45, 2.75) is 151 Å². The van der Waals surface area contributed by atoms with E-state index in [0.717, 1.165) is 52.5 Å². The predicted molar refractivity (Wildman–Crippen MR) is 357 cm³/mol. The third kappa shape index (κ3) is 16.8. The first-order valence-corrected chi connectivity index (χ1v) is 33.1. The Labute approximate surface area is 519 Å². The summed E-state index contributed by atoms with van der Waals surface area (Å²) in [4.78, 5) is 48.8. The number of aromatic amines is 2. The van der Waals surface area contributed by atoms with E-state index >= 15 is 0 Å². The minimum absolute atomic E-state index is 0. The first-order valence-electron chi connectivity index (χ1n) is 29.7. The van der Waals surface area contributed by atoms with Gasteiger partial charge >= 0.3 is 0 Å². The summed E-state index contributed by atoms with van der Waals surface area (Å²) in [5.74, 6) is 0.382. The average molecular weight is 1200 g/mol. The van der Waals surface area contributed by atoms with Crippen LogP contribution in [0.15, 0.2) is 232 Å². The molecule has 0 fully saturated rings. The normalized spacial score (nSPS) is 12.3. The van der Waals surface area contributed by atoms with Crippen molar-refractivity contribution in [3.8, 4) is 34.3 Å². The molecule has 11 rings (SSSR count). The second-order valence-corrected chi connectivity index (χ2v) is 25.8. The van der Waals surface area contributed by atoms with E-state index in [-0.39, 0.29) is 31.0 Å². The molecule has 0 aliphatic carbocycles. The lowest BCUT2D eigenvalue weighted by atomic mass is 10.0. The Morgan fingerprint density at radius 3 is 0.953 bits per heavy atom. The number of hydrogen-bond donors (Lipinski definition) is 4. The molecule has 0 unspecified atom stereocenters. The molecule has 0 atom stereocenters. The molecule has 12 heteroatoms. The van der Waals surface area contributed by atoms with Crippen LogP contribution in [0.4, 0.5) is 0 Å². The highest BCUT2D eigenvalue weighted by Gasteiger charge is 2.35. The zero-order valence-electron chi connectivity index (χ0n) is 47.7. The lowest BCUT2D eigenvalue weighted by molar-refractivity contribution is 0.0998. The quantitative estimate of drug-likeness (QED) is 0.0282. The first kappa shape index (κ1) is 62.3. The highest BCUT2D eigenvalue weighted by atomic mass is 32.2. The number of aromatic hydroxyl groups is 2. The Morgan fingerprint density at radius 2 is 0.624 bits per heavy atom. The summed E-state index contributed by atoms with van der Waals surface area (Å²) in [6, 6.07) is 62.6. The lowest BCUT2D eigenvalue weighted by Gasteiger charge is -2.05. The molecule has 0 saturated carbocycles. The SMILES string of the molecule is C.CCCCCCCCCCCCCCCCCCSc1ccc(-c2[nH]c(O)c3c2C(=O)N=C3c2ccc(Sc3ccccc3)cc2)cc1.O=C1N=C(c2ccc(Sc3ccccc3)cc2)c2c(O)[nH]c(-c3ccc(Sc4ccccc4)cc3)c21. The monoisotopic (exact) mass is 1200 g/mol. The summed E-state index contributed by atoms with van der Waals surface area (Å²) in [5, 5.41) is 21.7. The number of thioether (sulfide) groups is 1. The number of amides is 2. The standard InChI is InChI=1S/C42H52N2O2S2.C30H20N2O2S2.CH4/c1-2-3-4-5-6-7-8-9-10-11-12-13-14-15-16-20-31-47-34-27-23-32(24-28-34)39-37-38(42(46)43-39)40(44-41(37)45)33-25-29-36(30-26-33)48-35-21-18-17-19-22-35;33-29-25-26(28(32-29)20-13-17-24(18-14-20)36-22-9-5-2-6-10-22)30(34)31-27(25)19-11-15-23(16-12-19)35-21-7-3-1-4-8-21;/h17-19,21-30,43,46H,2-16,20,31H2,1H3;1-18,31,34H;1H4. The van der Waals surface area contributed by atoms with Crippen LogP contribution < -0.4 is 0 Å². The van der Waals surface area contributed by atoms with E-state index in [1.807, 2.05) is 151 Å². The third-order valence-corrected chi connectivity index (χ3v) is 19.2. The molecule has 2 aliphatic rings. The molecule has 2 aliphatic heterocycles. The summed E-state index contributed by atoms with van der Waals surface area (Å²) in [6.45, 7) is 2.29. The number of benzene rings is 7. The van der Waals surface area contributed by atoms with Crippen LogP contribution in [-0.4, -0.2) is 49.2 Å². The number of nitrogens with zero attached hydrogens (tertiary/aromatic N) is 2. The van der Waals surface area contributed by atoms with Gasteiger partial charge in [0.15, 0.2) is 11.8 Å². The van der Waals surface area contributed by atoms with Gasteiger partial charge < -0.3 is 20.2 Å². The van der Waals surface area contributed by atoms with Crippen molar-refractivity contribution >= 4 is 70.3 Å². The van der Waals surface area contributed by atoms with Crippen molar-refractivity contribution in [2.75, 3.05) is 5.75 Å². The van der Waals surface area contributed by atoms with Gasteiger partial charge in [-0.15, -0.1) is 11.8 Å². The van der Waals surface area contributed by atoms with Gasteiger partial charge in [-0.25, -0.2) is 9.98 Å². The Morgan fingerprint density at radius 1 is 0.341 bits per heavy atom. The topological polar surface area (TPSA) is 131 Å². The molecule has 4 heterocycles. The Bertz CT molecular complexity index is 3640. The largest absolute Gasteiger partial charge is 0.494 e. The number of nitrogens with one attached hydrogen (secondary N) is 2. The maximum absolute atomic E-state index is 13.1. The fourth-order valence-corrected chi connectivity index (χ4v) is 14.0. The van der Waals surface area contributed by atoms with Crippen LogP contribution in [0.3, 0.4) is 0 Å². The summed E-state index contributed by atoms with van der Waals surface area (Å²) in [6.07, 6.45) is 22.2. The molecule has 8 nitrogen and oxygen atoms in total. The number of aromatic nitrogens is 2. The van der Waals surface area contributed by atoms with Crippen molar-refractivity contribution in [3.05, 3.63) is 221 Å². The first-order chi connectivity index (χ1) is 41.3. The lowest BCUT2D eigenvalue weighted by Crippen LogP contribution is -1.99. The molecule has 436 valence electrons. The van der Waals surface area contributed by atoms with E-state index in [9.17, 15) is 19.8 Å².